The van der Waals surface area contributed by atoms with E-state index in [-0.39, 0.29) is 22.9 Å². The molecule has 0 unspecified atom stereocenters. The van der Waals surface area contributed by atoms with Crippen molar-refractivity contribution in [2.75, 3.05) is 18.5 Å². The maximum atomic E-state index is 12.7. The Balaban J connectivity index is 1.75. The first-order valence-electron chi connectivity index (χ1n) is 8.74. The SMILES string of the molecule is CCOc1cc(/C=C2\SC(=O)N(CC(=O)Nc3ccc(I)cc3)C2=O)c(Br)cc1O. The summed E-state index contributed by atoms with van der Waals surface area (Å²) in [6.07, 6.45) is 1.52. The first-order chi connectivity index (χ1) is 14.3. The molecule has 156 valence electrons. The number of imide groups is 1. The number of benzene rings is 2. The first-order valence-corrected chi connectivity index (χ1v) is 11.4. The van der Waals surface area contributed by atoms with Gasteiger partial charge in [-0.25, -0.2) is 0 Å². The van der Waals surface area contributed by atoms with Crippen LogP contribution in [0.2, 0.25) is 0 Å². The molecule has 0 saturated carbocycles. The van der Waals surface area contributed by atoms with E-state index >= 15 is 0 Å². The second-order valence-corrected chi connectivity index (χ2v) is 9.19. The summed E-state index contributed by atoms with van der Waals surface area (Å²) in [4.78, 5) is 38.3. The van der Waals surface area contributed by atoms with Crippen molar-refractivity contribution in [3.63, 3.8) is 0 Å². The second-order valence-electron chi connectivity index (χ2n) is 6.10. The van der Waals surface area contributed by atoms with Gasteiger partial charge in [0, 0.05) is 13.7 Å². The van der Waals surface area contributed by atoms with Crippen molar-refractivity contribution in [1.29, 1.82) is 0 Å². The van der Waals surface area contributed by atoms with Crippen molar-refractivity contribution >= 4 is 79.1 Å². The van der Waals surface area contributed by atoms with Gasteiger partial charge in [-0.05, 0) is 89.3 Å². The molecule has 1 aliphatic rings. The normalized spacial score (nSPS) is 15.0. The lowest BCUT2D eigenvalue weighted by molar-refractivity contribution is -0.127. The van der Waals surface area contributed by atoms with Crippen LogP contribution in [-0.4, -0.2) is 40.2 Å². The number of carbonyl (C=O) groups excluding carboxylic acids is 3. The van der Waals surface area contributed by atoms with Gasteiger partial charge in [0.15, 0.2) is 11.5 Å². The number of phenols is 1. The zero-order valence-electron chi connectivity index (χ0n) is 15.6. The van der Waals surface area contributed by atoms with Gasteiger partial charge in [-0.15, -0.1) is 0 Å². The Kier molecular flexibility index (Phi) is 7.42. The summed E-state index contributed by atoms with van der Waals surface area (Å²) >= 11 is 6.23. The highest BCUT2D eigenvalue weighted by Crippen LogP contribution is 2.37. The summed E-state index contributed by atoms with van der Waals surface area (Å²) in [5.74, 6) is -0.797. The Hall–Kier alpha value is -2.05. The zero-order valence-corrected chi connectivity index (χ0v) is 20.2. The Morgan fingerprint density at radius 1 is 1.30 bits per heavy atom. The molecule has 0 aromatic heterocycles. The molecule has 3 amide bonds. The molecule has 30 heavy (non-hydrogen) atoms. The van der Waals surface area contributed by atoms with Crippen molar-refractivity contribution in [3.8, 4) is 11.5 Å². The molecule has 2 aromatic rings. The number of halogens is 2. The quantitative estimate of drug-likeness (QED) is 0.363. The molecular weight excluding hydrogens is 587 g/mol. The van der Waals surface area contributed by atoms with Gasteiger partial charge in [-0.3, -0.25) is 19.3 Å². The molecule has 0 atom stereocenters. The van der Waals surface area contributed by atoms with Crippen LogP contribution in [0.3, 0.4) is 0 Å². The van der Waals surface area contributed by atoms with Gasteiger partial charge in [0.05, 0.1) is 11.5 Å². The molecule has 3 rings (SSSR count). The van der Waals surface area contributed by atoms with Crippen LogP contribution in [-0.2, 0) is 9.59 Å². The average Bonchev–Trinajstić information content (AvgIpc) is 2.95. The number of nitrogens with one attached hydrogen (secondary N) is 1. The van der Waals surface area contributed by atoms with Crippen molar-refractivity contribution in [2.45, 2.75) is 6.92 Å². The lowest BCUT2D eigenvalue weighted by atomic mass is 10.2. The molecule has 0 bridgehead atoms. The molecule has 0 aliphatic carbocycles. The maximum absolute atomic E-state index is 12.7. The van der Waals surface area contributed by atoms with E-state index in [1.807, 2.05) is 12.1 Å². The largest absolute Gasteiger partial charge is 0.504 e. The van der Waals surface area contributed by atoms with Gasteiger partial charge in [0.2, 0.25) is 5.91 Å². The van der Waals surface area contributed by atoms with Gasteiger partial charge in [-0.2, -0.15) is 0 Å². The Labute approximate surface area is 199 Å². The van der Waals surface area contributed by atoms with Gasteiger partial charge in [0.25, 0.3) is 11.1 Å². The van der Waals surface area contributed by atoms with Gasteiger partial charge >= 0.3 is 0 Å². The molecule has 10 heteroatoms. The van der Waals surface area contributed by atoms with Crippen molar-refractivity contribution in [1.82, 2.24) is 4.90 Å². The number of ether oxygens (including phenoxy) is 1. The van der Waals surface area contributed by atoms with E-state index in [0.717, 1.165) is 20.2 Å². The predicted octanol–water partition coefficient (Wildman–Crippen LogP) is 4.83. The lowest BCUT2D eigenvalue weighted by Crippen LogP contribution is -2.36. The highest BCUT2D eigenvalue weighted by Gasteiger charge is 2.36. The zero-order chi connectivity index (χ0) is 21.8. The predicted molar refractivity (Wildman–Crippen MR) is 127 cm³/mol. The summed E-state index contributed by atoms with van der Waals surface area (Å²) in [5, 5.41) is 12.1. The van der Waals surface area contributed by atoms with Crippen LogP contribution in [0, 0.1) is 3.57 Å². The van der Waals surface area contributed by atoms with Crippen LogP contribution >= 0.6 is 50.3 Å². The number of hydrogen-bond acceptors (Lipinski definition) is 6. The van der Waals surface area contributed by atoms with Crippen molar-refractivity contribution < 1.29 is 24.2 Å². The van der Waals surface area contributed by atoms with E-state index in [1.54, 1.807) is 25.1 Å². The number of phenolic OH excluding ortho intramolecular Hbond substituents is 1. The Morgan fingerprint density at radius 2 is 2.00 bits per heavy atom. The van der Waals surface area contributed by atoms with E-state index in [2.05, 4.69) is 43.8 Å². The van der Waals surface area contributed by atoms with E-state index in [4.69, 9.17) is 4.74 Å². The minimum atomic E-state index is -0.555. The minimum Gasteiger partial charge on any atom is -0.504 e. The highest BCUT2D eigenvalue weighted by molar-refractivity contribution is 14.1. The maximum Gasteiger partial charge on any atom is 0.294 e. The Bertz CT molecular complexity index is 1040. The molecule has 0 radical (unpaired) electrons. The summed E-state index contributed by atoms with van der Waals surface area (Å²) in [5.41, 5.74) is 1.14. The molecule has 7 nitrogen and oxygen atoms in total. The van der Waals surface area contributed by atoms with Crippen LogP contribution in [0.25, 0.3) is 6.08 Å². The standard InChI is InChI=1S/C20H16BrIN2O5S/c1-2-29-16-7-11(14(21)9-15(16)25)8-17-19(27)24(20(28)30-17)10-18(26)23-13-5-3-12(22)4-6-13/h3-9,25H,2,10H2,1H3,(H,23,26)/b17-8-. The van der Waals surface area contributed by atoms with E-state index in [9.17, 15) is 19.5 Å². The topological polar surface area (TPSA) is 95.9 Å². The fourth-order valence-electron chi connectivity index (χ4n) is 2.60. The summed E-state index contributed by atoms with van der Waals surface area (Å²) in [6, 6.07) is 10.2. The number of aromatic hydroxyl groups is 1. The summed E-state index contributed by atoms with van der Waals surface area (Å²) in [6.45, 7) is 1.77. The smallest absolute Gasteiger partial charge is 0.294 e. The van der Waals surface area contributed by atoms with Crippen LogP contribution in [0.15, 0.2) is 45.8 Å². The first kappa shape index (κ1) is 22.6. The van der Waals surface area contributed by atoms with E-state index in [1.165, 1.54) is 12.1 Å². The van der Waals surface area contributed by atoms with Crippen LogP contribution in [0.5, 0.6) is 11.5 Å². The van der Waals surface area contributed by atoms with Crippen LogP contribution < -0.4 is 10.1 Å². The molecule has 1 heterocycles. The number of rotatable bonds is 6. The van der Waals surface area contributed by atoms with E-state index in [0.29, 0.717) is 22.3 Å². The number of anilines is 1. The van der Waals surface area contributed by atoms with Gasteiger partial charge in [-0.1, -0.05) is 15.9 Å². The minimum absolute atomic E-state index is 0.0405. The average molecular weight is 603 g/mol. The third kappa shape index (κ3) is 5.35. The summed E-state index contributed by atoms with van der Waals surface area (Å²) < 4.78 is 6.92. The fraction of sp³-hybridized carbons (Fsp3) is 0.150. The monoisotopic (exact) mass is 602 g/mol. The lowest BCUT2D eigenvalue weighted by Gasteiger charge is -2.12. The number of thioether (sulfide) groups is 1. The van der Waals surface area contributed by atoms with Gasteiger partial charge in [0.1, 0.15) is 6.54 Å². The third-order valence-electron chi connectivity index (χ3n) is 3.97. The van der Waals surface area contributed by atoms with Crippen LogP contribution in [0.4, 0.5) is 10.5 Å². The van der Waals surface area contributed by atoms with E-state index < -0.39 is 17.1 Å². The number of carbonyl (C=O) groups is 3. The molecular formula is C20H16BrIN2O5S. The highest BCUT2D eigenvalue weighted by atomic mass is 127. The fourth-order valence-corrected chi connectivity index (χ4v) is 4.23. The Morgan fingerprint density at radius 3 is 2.67 bits per heavy atom. The molecule has 1 aliphatic heterocycles. The molecule has 1 fully saturated rings. The molecule has 1 saturated heterocycles. The number of amides is 3. The number of nitrogens with zero attached hydrogens (tertiary/aromatic N) is 1. The molecule has 2 N–H and O–H groups in total. The third-order valence-corrected chi connectivity index (χ3v) is 6.28. The number of hydrogen-bond donors (Lipinski definition) is 2. The van der Waals surface area contributed by atoms with Crippen molar-refractivity contribution in [2.24, 2.45) is 0 Å². The van der Waals surface area contributed by atoms with Crippen LogP contribution in [0.1, 0.15) is 12.5 Å². The molecule has 2 aromatic carbocycles. The molecule has 0 spiro atoms. The second kappa shape index (κ2) is 9.84. The van der Waals surface area contributed by atoms with Gasteiger partial charge < -0.3 is 15.2 Å². The van der Waals surface area contributed by atoms with Crippen molar-refractivity contribution in [3.05, 3.63) is 54.9 Å². The summed E-state index contributed by atoms with van der Waals surface area (Å²) in [7, 11) is 0.